The van der Waals surface area contributed by atoms with Crippen molar-refractivity contribution in [2.45, 2.75) is 24.7 Å². The molecule has 20 heavy (non-hydrogen) atoms. The van der Waals surface area contributed by atoms with E-state index in [0.717, 1.165) is 26.1 Å². The van der Waals surface area contributed by atoms with Crippen LogP contribution in [0.3, 0.4) is 0 Å². The van der Waals surface area contributed by atoms with Crippen LogP contribution in [0.2, 0.25) is 0 Å². The summed E-state index contributed by atoms with van der Waals surface area (Å²) in [7, 11) is -3.80. The highest BCUT2D eigenvalue weighted by molar-refractivity contribution is 7.89. The summed E-state index contributed by atoms with van der Waals surface area (Å²) in [5, 5.41) is 5.18. The Labute approximate surface area is 119 Å². The first kappa shape index (κ1) is 15.1. The quantitative estimate of drug-likeness (QED) is 0.808. The Morgan fingerprint density at radius 3 is 2.60 bits per heavy atom. The van der Waals surface area contributed by atoms with Crippen LogP contribution in [0.15, 0.2) is 17.0 Å². The summed E-state index contributed by atoms with van der Waals surface area (Å²) in [6, 6.07) is 2.98. The second-order valence-electron chi connectivity index (χ2n) is 5.05. The molecular formula is C13H20N2O4S. The molecule has 0 aromatic heterocycles. The summed E-state index contributed by atoms with van der Waals surface area (Å²) in [6.45, 7) is 3.68. The third-order valence-corrected chi connectivity index (χ3v) is 4.49. The smallest absolute Gasteiger partial charge is 0.238 e. The third kappa shape index (κ3) is 3.62. The van der Waals surface area contributed by atoms with Gasteiger partial charge < -0.3 is 15.2 Å². The molecule has 1 saturated heterocycles. The van der Waals surface area contributed by atoms with Gasteiger partial charge in [-0.1, -0.05) is 0 Å². The van der Waals surface area contributed by atoms with Crippen molar-refractivity contribution >= 4 is 15.7 Å². The Hall–Kier alpha value is -1.31. The zero-order valence-electron chi connectivity index (χ0n) is 11.5. The lowest BCUT2D eigenvalue weighted by atomic mass is 10.0. The summed E-state index contributed by atoms with van der Waals surface area (Å²) < 4.78 is 34.1. The molecule has 1 aliphatic rings. The van der Waals surface area contributed by atoms with E-state index >= 15 is 0 Å². The maximum atomic E-state index is 11.5. The molecule has 0 atom stereocenters. The van der Waals surface area contributed by atoms with Gasteiger partial charge in [0.05, 0.1) is 11.5 Å². The lowest BCUT2D eigenvalue weighted by Crippen LogP contribution is -2.22. The summed E-state index contributed by atoms with van der Waals surface area (Å²) >= 11 is 0. The molecular weight excluding hydrogens is 280 g/mol. The molecule has 0 saturated carbocycles. The predicted octanol–water partition coefficient (Wildman–Crippen LogP) is 1.03. The summed E-state index contributed by atoms with van der Waals surface area (Å²) in [4.78, 5) is 0.0134. The van der Waals surface area contributed by atoms with E-state index in [9.17, 15) is 8.42 Å². The summed E-state index contributed by atoms with van der Waals surface area (Å²) in [5.74, 6) is 0.892. The fourth-order valence-electron chi connectivity index (χ4n) is 2.25. The number of hydrogen-bond donors (Lipinski definition) is 2. The van der Waals surface area contributed by atoms with Crippen molar-refractivity contribution < 1.29 is 17.9 Å². The minimum Gasteiger partial charge on any atom is -0.493 e. The Balaban J connectivity index is 2.17. The third-order valence-electron chi connectivity index (χ3n) is 3.46. The van der Waals surface area contributed by atoms with Crippen LogP contribution >= 0.6 is 0 Å². The number of sulfonamides is 1. The number of anilines is 1. The minimum atomic E-state index is -3.80. The van der Waals surface area contributed by atoms with E-state index < -0.39 is 10.0 Å². The van der Waals surface area contributed by atoms with Crippen LogP contribution in [-0.2, 0) is 14.8 Å². The molecule has 7 heteroatoms. The van der Waals surface area contributed by atoms with Gasteiger partial charge in [-0.05, 0) is 31.7 Å². The van der Waals surface area contributed by atoms with Crippen molar-refractivity contribution in [2.24, 2.45) is 11.1 Å². The molecule has 2 rings (SSSR count). The Morgan fingerprint density at radius 1 is 1.35 bits per heavy atom. The van der Waals surface area contributed by atoms with Crippen LogP contribution in [0.5, 0.6) is 5.75 Å². The minimum absolute atomic E-state index is 0.0134. The van der Waals surface area contributed by atoms with Gasteiger partial charge in [-0.25, -0.2) is 13.6 Å². The van der Waals surface area contributed by atoms with Gasteiger partial charge in [0.25, 0.3) is 0 Å². The molecule has 1 heterocycles. The number of nitrogen functional groups attached to an aromatic ring is 1. The van der Waals surface area contributed by atoms with Crippen molar-refractivity contribution in [1.29, 1.82) is 0 Å². The average Bonchev–Trinajstić information content (AvgIpc) is 2.39. The van der Waals surface area contributed by atoms with E-state index in [0.29, 0.717) is 29.5 Å². The molecule has 0 amide bonds. The standard InChI is InChI=1S/C13H20N2O4S/c1-9-12(19-8-10-2-4-18-5-3-10)6-11(14)7-13(9)20(15,16)17/h6-7,10H,2-5,8,14H2,1H3,(H2,15,16,17). The van der Waals surface area contributed by atoms with Crippen LogP contribution in [0.25, 0.3) is 0 Å². The van der Waals surface area contributed by atoms with E-state index in [-0.39, 0.29) is 4.90 Å². The molecule has 1 aromatic carbocycles. The van der Waals surface area contributed by atoms with E-state index in [4.69, 9.17) is 20.3 Å². The van der Waals surface area contributed by atoms with Gasteiger partial charge in [-0.15, -0.1) is 0 Å². The maximum absolute atomic E-state index is 11.5. The molecule has 0 unspecified atom stereocenters. The van der Waals surface area contributed by atoms with Crippen molar-refractivity contribution in [1.82, 2.24) is 0 Å². The van der Waals surface area contributed by atoms with E-state index in [1.165, 1.54) is 6.07 Å². The monoisotopic (exact) mass is 300 g/mol. The molecule has 1 aliphatic heterocycles. The lowest BCUT2D eigenvalue weighted by Gasteiger charge is -2.23. The Morgan fingerprint density at radius 2 is 2.00 bits per heavy atom. The Kier molecular flexibility index (Phi) is 4.52. The zero-order chi connectivity index (χ0) is 14.8. The first-order chi connectivity index (χ1) is 9.38. The number of primary sulfonamides is 1. The van der Waals surface area contributed by atoms with Crippen molar-refractivity contribution in [3.63, 3.8) is 0 Å². The van der Waals surface area contributed by atoms with Crippen LogP contribution in [-0.4, -0.2) is 28.2 Å². The van der Waals surface area contributed by atoms with Crippen molar-refractivity contribution in [3.8, 4) is 5.75 Å². The SMILES string of the molecule is Cc1c(OCC2CCOCC2)cc(N)cc1S(N)(=O)=O. The average molecular weight is 300 g/mol. The largest absolute Gasteiger partial charge is 0.493 e. The second kappa shape index (κ2) is 5.99. The van der Waals surface area contributed by atoms with Gasteiger partial charge in [0, 0.05) is 30.5 Å². The van der Waals surface area contributed by atoms with Gasteiger partial charge in [-0.2, -0.15) is 0 Å². The second-order valence-corrected chi connectivity index (χ2v) is 6.58. The van der Waals surface area contributed by atoms with Gasteiger partial charge >= 0.3 is 0 Å². The van der Waals surface area contributed by atoms with Gasteiger partial charge in [-0.3, -0.25) is 0 Å². The first-order valence-electron chi connectivity index (χ1n) is 6.51. The molecule has 4 N–H and O–H groups in total. The fraction of sp³-hybridized carbons (Fsp3) is 0.538. The first-order valence-corrected chi connectivity index (χ1v) is 8.06. The number of nitrogens with two attached hydrogens (primary N) is 2. The van der Waals surface area contributed by atoms with Crippen molar-refractivity contribution in [2.75, 3.05) is 25.6 Å². The highest BCUT2D eigenvalue weighted by Crippen LogP contribution is 2.29. The van der Waals surface area contributed by atoms with Crippen LogP contribution in [0.1, 0.15) is 18.4 Å². The molecule has 112 valence electrons. The highest BCUT2D eigenvalue weighted by atomic mass is 32.2. The van der Waals surface area contributed by atoms with E-state index in [2.05, 4.69) is 0 Å². The topological polar surface area (TPSA) is 105 Å². The highest BCUT2D eigenvalue weighted by Gasteiger charge is 2.19. The lowest BCUT2D eigenvalue weighted by molar-refractivity contribution is 0.0496. The number of ether oxygens (including phenoxy) is 2. The molecule has 6 nitrogen and oxygen atoms in total. The van der Waals surface area contributed by atoms with Gasteiger partial charge in [0.2, 0.25) is 10.0 Å². The predicted molar refractivity (Wildman–Crippen MR) is 76.0 cm³/mol. The Bertz CT molecular complexity index is 580. The molecule has 1 fully saturated rings. The van der Waals surface area contributed by atoms with Crippen LogP contribution in [0, 0.1) is 12.8 Å². The molecule has 0 bridgehead atoms. The summed E-state index contributed by atoms with van der Waals surface area (Å²) in [6.07, 6.45) is 1.90. The zero-order valence-corrected chi connectivity index (χ0v) is 12.3. The van der Waals surface area contributed by atoms with Gasteiger partial charge in [0.1, 0.15) is 5.75 Å². The van der Waals surface area contributed by atoms with Gasteiger partial charge in [0.15, 0.2) is 0 Å². The fourth-order valence-corrected chi connectivity index (χ4v) is 3.08. The van der Waals surface area contributed by atoms with E-state index in [1.54, 1.807) is 13.0 Å². The van der Waals surface area contributed by atoms with Crippen LogP contribution < -0.4 is 15.6 Å². The normalized spacial score (nSPS) is 17.1. The van der Waals surface area contributed by atoms with Crippen molar-refractivity contribution in [3.05, 3.63) is 17.7 Å². The number of hydrogen-bond acceptors (Lipinski definition) is 5. The number of benzene rings is 1. The van der Waals surface area contributed by atoms with Crippen LogP contribution in [0.4, 0.5) is 5.69 Å². The maximum Gasteiger partial charge on any atom is 0.238 e. The van der Waals surface area contributed by atoms with E-state index in [1.807, 2.05) is 0 Å². The summed E-state index contributed by atoms with van der Waals surface area (Å²) in [5.41, 5.74) is 6.53. The molecule has 0 aliphatic carbocycles. The number of rotatable bonds is 4. The molecule has 1 aromatic rings. The molecule has 0 spiro atoms. The molecule has 0 radical (unpaired) electrons.